The minimum atomic E-state index is -0.300. The Morgan fingerprint density at radius 1 is 0.846 bits per heavy atom. The summed E-state index contributed by atoms with van der Waals surface area (Å²) >= 11 is 0. The van der Waals surface area contributed by atoms with Crippen molar-refractivity contribution < 1.29 is 9.59 Å². The van der Waals surface area contributed by atoms with E-state index in [4.69, 9.17) is 0 Å². The van der Waals surface area contributed by atoms with Crippen molar-refractivity contribution in [1.29, 1.82) is 0 Å². The zero-order valence-corrected chi connectivity index (χ0v) is 14.8. The molecule has 3 fully saturated rings. The molecule has 3 aliphatic rings. The molecule has 5 nitrogen and oxygen atoms in total. The van der Waals surface area contributed by atoms with Gasteiger partial charge in [-0.1, -0.05) is 36.4 Å². The molecular weight excluding hydrogens is 326 g/mol. The van der Waals surface area contributed by atoms with Crippen molar-refractivity contribution in [2.45, 2.75) is 31.5 Å². The van der Waals surface area contributed by atoms with Crippen LogP contribution in [0.4, 0.5) is 0 Å². The largest absolute Gasteiger partial charge is 0.329 e. The molecule has 3 saturated heterocycles. The van der Waals surface area contributed by atoms with E-state index in [-0.39, 0.29) is 23.9 Å². The van der Waals surface area contributed by atoms with E-state index in [2.05, 4.69) is 47.4 Å². The van der Waals surface area contributed by atoms with Gasteiger partial charge in [0, 0.05) is 32.7 Å². The fourth-order valence-electron chi connectivity index (χ4n) is 4.72. The topological polar surface area (TPSA) is 43.9 Å². The molecule has 2 aromatic carbocycles. The number of benzene rings is 2. The zero-order valence-electron chi connectivity index (χ0n) is 14.8. The van der Waals surface area contributed by atoms with Crippen LogP contribution in [0.25, 0.3) is 10.8 Å². The Hall–Kier alpha value is -2.40. The van der Waals surface area contributed by atoms with E-state index in [0.717, 1.165) is 32.5 Å². The van der Waals surface area contributed by atoms with Gasteiger partial charge >= 0.3 is 0 Å². The molecule has 2 unspecified atom stereocenters. The molecule has 5 heteroatoms. The number of hydrogen-bond acceptors (Lipinski definition) is 3. The molecule has 5 rings (SSSR count). The number of hydrogen-bond donors (Lipinski definition) is 0. The second-order valence-electron chi connectivity index (χ2n) is 7.65. The second-order valence-corrected chi connectivity index (χ2v) is 7.65. The van der Waals surface area contributed by atoms with Gasteiger partial charge in [-0.05, 0) is 35.2 Å². The number of carbonyl (C=O) groups excluding carboxylic acids is 2. The first-order chi connectivity index (χ1) is 12.7. The van der Waals surface area contributed by atoms with E-state index in [1.807, 2.05) is 9.80 Å². The summed E-state index contributed by atoms with van der Waals surface area (Å²) in [6.45, 7) is 3.69. The fraction of sp³-hybridized carbons (Fsp3) is 0.429. The molecule has 2 aromatic rings. The molecule has 0 bridgehead atoms. The lowest BCUT2D eigenvalue weighted by Gasteiger charge is -2.47. The Kier molecular flexibility index (Phi) is 3.71. The first kappa shape index (κ1) is 15.8. The van der Waals surface area contributed by atoms with Gasteiger partial charge in [0.2, 0.25) is 11.8 Å². The van der Waals surface area contributed by atoms with Crippen molar-refractivity contribution in [3.8, 4) is 0 Å². The Morgan fingerprint density at radius 2 is 1.62 bits per heavy atom. The molecule has 0 aliphatic carbocycles. The van der Waals surface area contributed by atoms with E-state index in [1.54, 1.807) is 0 Å². The fourth-order valence-corrected chi connectivity index (χ4v) is 4.72. The molecule has 0 radical (unpaired) electrons. The highest BCUT2D eigenvalue weighted by Gasteiger charge is 2.49. The summed E-state index contributed by atoms with van der Waals surface area (Å²) in [5.74, 6) is 0.313. The summed E-state index contributed by atoms with van der Waals surface area (Å²) < 4.78 is 0. The van der Waals surface area contributed by atoms with Gasteiger partial charge in [-0.25, -0.2) is 0 Å². The first-order valence-corrected chi connectivity index (χ1v) is 9.52. The third kappa shape index (κ3) is 2.50. The molecule has 3 heterocycles. The molecule has 2 atom stereocenters. The number of fused-ring (bicyclic) bond motifs is 3. The Labute approximate surface area is 153 Å². The predicted molar refractivity (Wildman–Crippen MR) is 99.5 cm³/mol. The molecule has 134 valence electrons. The first-order valence-electron chi connectivity index (χ1n) is 9.52. The van der Waals surface area contributed by atoms with Gasteiger partial charge in [-0.3, -0.25) is 14.5 Å². The number of piperazine rings is 2. The highest BCUT2D eigenvalue weighted by atomic mass is 16.2. The maximum absolute atomic E-state index is 12.9. The van der Waals surface area contributed by atoms with Gasteiger partial charge in [0.25, 0.3) is 0 Å². The third-order valence-electron chi connectivity index (χ3n) is 6.07. The van der Waals surface area contributed by atoms with Crippen molar-refractivity contribution in [3.05, 3.63) is 48.0 Å². The Morgan fingerprint density at radius 3 is 2.50 bits per heavy atom. The molecular formula is C21H23N3O2. The van der Waals surface area contributed by atoms with Gasteiger partial charge in [0.15, 0.2) is 0 Å². The molecule has 0 spiro atoms. The van der Waals surface area contributed by atoms with E-state index in [9.17, 15) is 9.59 Å². The maximum Gasteiger partial charge on any atom is 0.247 e. The second kappa shape index (κ2) is 6.09. The molecule has 2 amide bonds. The molecule has 3 aliphatic heterocycles. The normalized spacial score (nSPS) is 26.3. The van der Waals surface area contributed by atoms with Gasteiger partial charge in [-0.15, -0.1) is 0 Å². The van der Waals surface area contributed by atoms with E-state index >= 15 is 0 Å². The standard InChI is InChI=1S/C21H23N3O2/c25-20-18-6-3-9-23(18)21(26)19-14-22(10-11-24(19)20)13-15-7-8-16-4-1-2-5-17(16)12-15/h1-2,4-5,7-8,12,18-19H,3,6,9-11,13-14H2. The van der Waals surface area contributed by atoms with Crippen molar-refractivity contribution in [3.63, 3.8) is 0 Å². The van der Waals surface area contributed by atoms with Crippen LogP contribution in [-0.2, 0) is 16.1 Å². The van der Waals surface area contributed by atoms with Crippen LogP contribution in [0, 0.1) is 0 Å². The van der Waals surface area contributed by atoms with Gasteiger partial charge in [0.05, 0.1) is 0 Å². The van der Waals surface area contributed by atoms with Gasteiger partial charge < -0.3 is 9.80 Å². The monoisotopic (exact) mass is 349 g/mol. The van der Waals surface area contributed by atoms with Crippen molar-refractivity contribution in [1.82, 2.24) is 14.7 Å². The average Bonchev–Trinajstić information content (AvgIpc) is 3.16. The third-order valence-corrected chi connectivity index (χ3v) is 6.07. The summed E-state index contributed by atoms with van der Waals surface area (Å²) in [7, 11) is 0. The smallest absolute Gasteiger partial charge is 0.247 e. The quantitative estimate of drug-likeness (QED) is 0.831. The molecule has 0 saturated carbocycles. The highest BCUT2D eigenvalue weighted by Crippen LogP contribution is 2.29. The summed E-state index contributed by atoms with van der Waals surface area (Å²) in [5.41, 5.74) is 1.26. The lowest BCUT2D eigenvalue weighted by atomic mass is 10.0. The molecule has 0 aromatic heterocycles. The van der Waals surface area contributed by atoms with Crippen LogP contribution in [-0.4, -0.2) is 64.8 Å². The molecule has 0 N–H and O–H groups in total. The average molecular weight is 349 g/mol. The van der Waals surface area contributed by atoms with Gasteiger partial charge in [0.1, 0.15) is 12.1 Å². The number of carbonyl (C=O) groups is 2. The van der Waals surface area contributed by atoms with Crippen molar-refractivity contribution >= 4 is 22.6 Å². The van der Waals surface area contributed by atoms with Crippen molar-refractivity contribution in [2.24, 2.45) is 0 Å². The van der Waals surface area contributed by atoms with E-state index in [1.165, 1.54) is 16.3 Å². The molecule has 26 heavy (non-hydrogen) atoms. The van der Waals surface area contributed by atoms with Crippen LogP contribution in [0.15, 0.2) is 42.5 Å². The van der Waals surface area contributed by atoms with Gasteiger partial charge in [-0.2, -0.15) is 0 Å². The van der Waals surface area contributed by atoms with Crippen LogP contribution in [0.3, 0.4) is 0 Å². The Bertz CT molecular complexity index is 880. The number of amides is 2. The van der Waals surface area contributed by atoms with E-state index < -0.39 is 0 Å². The SMILES string of the molecule is O=C1C2CN(Cc3ccc4ccccc4c3)CCN2C(=O)C2CCCN12. The highest BCUT2D eigenvalue weighted by molar-refractivity contribution is 5.97. The zero-order chi connectivity index (χ0) is 17.7. The summed E-state index contributed by atoms with van der Waals surface area (Å²) in [5, 5.41) is 2.49. The minimum absolute atomic E-state index is 0.148. The Balaban J connectivity index is 1.34. The lowest BCUT2D eigenvalue weighted by molar-refractivity contribution is -0.163. The summed E-state index contributed by atoms with van der Waals surface area (Å²) in [6.07, 6.45) is 1.78. The van der Waals surface area contributed by atoms with E-state index in [0.29, 0.717) is 13.1 Å². The van der Waals surface area contributed by atoms with Crippen LogP contribution in [0.1, 0.15) is 18.4 Å². The number of nitrogens with zero attached hydrogens (tertiary/aromatic N) is 3. The maximum atomic E-state index is 12.9. The van der Waals surface area contributed by atoms with Crippen LogP contribution < -0.4 is 0 Å². The predicted octanol–water partition coefficient (Wildman–Crippen LogP) is 1.86. The summed E-state index contributed by atoms with van der Waals surface area (Å²) in [6, 6.07) is 14.4. The van der Waals surface area contributed by atoms with Crippen LogP contribution in [0.2, 0.25) is 0 Å². The minimum Gasteiger partial charge on any atom is -0.329 e. The van der Waals surface area contributed by atoms with Crippen LogP contribution in [0.5, 0.6) is 0 Å². The van der Waals surface area contributed by atoms with Crippen molar-refractivity contribution in [2.75, 3.05) is 26.2 Å². The lowest BCUT2D eigenvalue weighted by Crippen LogP contribution is -2.68. The number of rotatable bonds is 2. The van der Waals surface area contributed by atoms with Crippen LogP contribution >= 0.6 is 0 Å². The summed E-state index contributed by atoms with van der Waals surface area (Å²) in [4.78, 5) is 31.6.